The van der Waals surface area contributed by atoms with E-state index in [9.17, 15) is 42.3 Å². The fourth-order valence-corrected chi connectivity index (χ4v) is 11.7. The van der Waals surface area contributed by atoms with Crippen molar-refractivity contribution in [1.82, 2.24) is 14.1 Å². The molecule has 0 saturated heterocycles. The quantitative estimate of drug-likeness (QED) is 0.0546. The Morgan fingerprint density at radius 2 is 1.04 bits per heavy atom. The van der Waals surface area contributed by atoms with Crippen LogP contribution in [0.15, 0.2) is 144 Å². The molecule has 8 aromatic rings. The van der Waals surface area contributed by atoms with Crippen LogP contribution in [0.3, 0.4) is 0 Å². The van der Waals surface area contributed by atoms with Gasteiger partial charge in [0.25, 0.3) is 5.91 Å². The number of nitrogens with one attached hydrogen (secondary N) is 1. The number of hydrogen-bond donors (Lipinski definition) is 5. The van der Waals surface area contributed by atoms with Gasteiger partial charge in [0.2, 0.25) is 0 Å². The number of carboxylic acid groups (broad SMARTS) is 1. The smallest absolute Gasteiger partial charge is 0.477 e. The molecule has 4 aliphatic rings. The second kappa shape index (κ2) is 25.8. The number of nitrogens with two attached hydrogens (primary N) is 1. The Hall–Kier alpha value is -6.62. The predicted octanol–water partition coefficient (Wildman–Crippen LogP) is 11.1. The van der Waals surface area contributed by atoms with Gasteiger partial charge in [-0.1, -0.05) is 101 Å². The molecule has 85 heavy (non-hydrogen) atoms. The molecule has 2 atom stereocenters. The van der Waals surface area contributed by atoms with Crippen molar-refractivity contribution in [1.29, 1.82) is 0 Å². The van der Waals surface area contributed by atoms with Gasteiger partial charge >= 0.3 is 20.2 Å². The number of aromatic nitrogens is 2. The Kier molecular flexibility index (Phi) is 19.5. The van der Waals surface area contributed by atoms with E-state index in [0.29, 0.717) is 61.8 Å². The lowest BCUT2D eigenvalue weighted by atomic mass is 9.77. The average Bonchev–Trinajstić information content (AvgIpc) is 3.49. The van der Waals surface area contributed by atoms with Gasteiger partial charge in [-0.15, -0.1) is 12.4 Å². The maximum Gasteiger partial charge on any atom is 0.492 e. The third-order valence-corrected chi connectivity index (χ3v) is 16.0. The Morgan fingerprint density at radius 3 is 1.46 bits per heavy atom. The zero-order valence-electron chi connectivity index (χ0n) is 44.6. The maximum absolute atomic E-state index is 13.6. The number of nitrogens with zero attached hydrogens (tertiary/aromatic N) is 4. The van der Waals surface area contributed by atoms with Gasteiger partial charge in [-0.05, 0) is 132 Å². The standard InChI is InChI=1S/C29H24BCl2F2N3O4.C19H14Cl2N2O3.C10H12BF2NO2.CH4.ClH/c1-28(18-10-19(31)12-20(32)11-18)13-24(36-41-28)21-5-7-26(37-8-2-3-25(21)37)27(38)35-14-17-4-6-22-23(9-17)30(39)40-29(22,15-33)16-34;1-19(11-7-12(20)9-13(21)8-11)10-15(22-26-19)14-4-5-17(18(24)25)23-6-2-3-16(14)23;12-5-10(6-13)8-2-1-7(4-14)3-9(8)11(15)16-10;;/h2-12,39H,13-16H2,1H3,(H,35,38);2-9H,10H2,1H3,(H,24,25);1-3,15H,4-6,14H2;1H4;1H. The van der Waals surface area contributed by atoms with E-state index in [0.717, 1.165) is 50.3 Å². The number of rotatable bonds is 13. The summed E-state index contributed by atoms with van der Waals surface area (Å²) in [5.74, 6) is -1.32. The highest BCUT2D eigenvalue weighted by Gasteiger charge is 2.49. The molecule has 4 aliphatic heterocycles. The van der Waals surface area contributed by atoms with Crippen molar-refractivity contribution in [3.63, 3.8) is 0 Å². The van der Waals surface area contributed by atoms with Crippen molar-refractivity contribution in [3.8, 4) is 0 Å². The summed E-state index contributed by atoms with van der Waals surface area (Å²) in [4.78, 5) is 36.2. The molecular weight excluding hydrogens is 1210 g/mol. The highest BCUT2D eigenvalue weighted by Crippen LogP contribution is 2.41. The number of halogens is 9. The molecule has 8 heterocycles. The molecule has 0 saturated carbocycles. The summed E-state index contributed by atoms with van der Waals surface area (Å²) >= 11 is 24.7. The predicted molar refractivity (Wildman–Crippen MR) is 324 cm³/mol. The molecule has 12 rings (SSSR count). The third-order valence-electron chi connectivity index (χ3n) is 15.1. The highest BCUT2D eigenvalue weighted by atomic mass is 35.5. The third kappa shape index (κ3) is 12.4. The fourth-order valence-electron chi connectivity index (χ4n) is 10.7. The number of aromatic carboxylic acids is 1. The minimum absolute atomic E-state index is 0. The molecule has 0 fully saturated rings. The van der Waals surface area contributed by atoms with Crippen LogP contribution in [0.2, 0.25) is 20.1 Å². The van der Waals surface area contributed by atoms with Crippen molar-refractivity contribution < 1.29 is 61.3 Å². The number of carbonyl (C=O) groups excluding carboxylic acids is 1. The molecule has 6 N–H and O–H groups in total. The lowest BCUT2D eigenvalue weighted by Gasteiger charge is -2.23. The number of carbonyl (C=O) groups is 2. The number of benzene rings is 4. The van der Waals surface area contributed by atoms with E-state index in [1.54, 1.807) is 100 Å². The van der Waals surface area contributed by atoms with Gasteiger partial charge in [0, 0.05) is 80.7 Å². The molecule has 0 bridgehead atoms. The molecule has 0 spiro atoms. The van der Waals surface area contributed by atoms with E-state index in [1.807, 2.05) is 50.2 Å². The van der Waals surface area contributed by atoms with Crippen molar-refractivity contribution in [2.45, 2.75) is 69.6 Å². The first-order valence-corrected chi connectivity index (χ1v) is 27.3. The molecule has 0 aliphatic carbocycles. The van der Waals surface area contributed by atoms with Gasteiger partial charge in [0.05, 0.1) is 22.5 Å². The Morgan fingerprint density at radius 1 is 0.624 bits per heavy atom. The number of fused-ring (bicyclic) bond motifs is 4. The normalized spacial score (nSPS) is 18.6. The van der Waals surface area contributed by atoms with Gasteiger partial charge in [-0.2, -0.15) is 0 Å². The largest absolute Gasteiger partial charge is 0.492 e. The van der Waals surface area contributed by atoms with Crippen LogP contribution in [-0.2, 0) is 54.5 Å². The number of amides is 1. The van der Waals surface area contributed by atoms with Gasteiger partial charge in [-0.25, -0.2) is 22.4 Å². The van der Waals surface area contributed by atoms with Crippen LogP contribution >= 0.6 is 58.8 Å². The number of pyridine rings is 2. The van der Waals surface area contributed by atoms with Crippen LogP contribution in [0.25, 0.3) is 11.0 Å². The molecule has 4 aromatic carbocycles. The summed E-state index contributed by atoms with van der Waals surface area (Å²) in [6, 6.07) is 34.5. The van der Waals surface area contributed by atoms with Crippen LogP contribution < -0.4 is 22.0 Å². The lowest BCUT2D eigenvalue weighted by Crippen LogP contribution is -2.33. The van der Waals surface area contributed by atoms with Gasteiger partial charge in [0.15, 0.2) is 11.2 Å². The Labute approximate surface area is 512 Å². The Bertz CT molecular complexity index is 3870. The van der Waals surface area contributed by atoms with E-state index >= 15 is 0 Å². The summed E-state index contributed by atoms with van der Waals surface area (Å²) < 4.78 is 66.5. The van der Waals surface area contributed by atoms with E-state index < -0.39 is 69.3 Å². The first kappa shape index (κ1) is 64.4. The molecule has 4 aromatic heterocycles. The number of carboxylic acids is 1. The molecular formula is C59H55B2Cl5F4N6O9. The van der Waals surface area contributed by atoms with Crippen LogP contribution in [0.4, 0.5) is 17.6 Å². The van der Waals surface area contributed by atoms with Crippen molar-refractivity contribution in [2.75, 3.05) is 26.7 Å². The first-order chi connectivity index (χ1) is 39.7. The summed E-state index contributed by atoms with van der Waals surface area (Å²) in [5.41, 5.74) is 10.2. The average molecular weight is 1270 g/mol. The van der Waals surface area contributed by atoms with Gasteiger partial charge in [-0.3, -0.25) is 4.79 Å². The molecule has 444 valence electrons. The summed E-state index contributed by atoms with van der Waals surface area (Å²) in [7, 11) is -2.73. The number of oxime groups is 2. The minimum Gasteiger partial charge on any atom is -0.477 e. The topological polar surface area (TPSA) is 203 Å². The van der Waals surface area contributed by atoms with Gasteiger partial charge in [0.1, 0.15) is 49.3 Å². The maximum atomic E-state index is 13.6. The van der Waals surface area contributed by atoms with Crippen LogP contribution in [0, 0.1) is 0 Å². The first-order valence-electron chi connectivity index (χ1n) is 25.8. The molecule has 0 radical (unpaired) electrons. The van der Waals surface area contributed by atoms with E-state index in [-0.39, 0.29) is 49.0 Å². The zero-order valence-corrected chi connectivity index (χ0v) is 48.4. The Balaban J connectivity index is 0.000000182. The molecule has 1 amide bonds. The van der Waals surface area contributed by atoms with Crippen LogP contribution in [-0.4, -0.2) is 88.2 Å². The highest BCUT2D eigenvalue weighted by molar-refractivity contribution is 6.62. The van der Waals surface area contributed by atoms with Gasteiger partial charge < -0.3 is 54.0 Å². The minimum atomic E-state index is -1.80. The second-order valence-corrected chi connectivity index (χ2v) is 22.4. The van der Waals surface area contributed by atoms with Crippen LogP contribution in [0.1, 0.15) is 99.6 Å². The summed E-state index contributed by atoms with van der Waals surface area (Å²) in [6.45, 7) is 0.0683. The monoisotopic (exact) mass is 1260 g/mol. The summed E-state index contributed by atoms with van der Waals surface area (Å²) in [5, 5.41) is 42.8. The van der Waals surface area contributed by atoms with Crippen molar-refractivity contribution in [2.24, 2.45) is 16.0 Å². The number of alkyl halides is 4. The van der Waals surface area contributed by atoms with E-state index in [4.69, 9.17) is 71.1 Å². The van der Waals surface area contributed by atoms with E-state index in [1.165, 1.54) is 6.07 Å². The molecule has 15 nitrogen and oxygen atoms in total. The van der Waals surface area contributed by atoms with Crippen molar-refractivity contribution in [3.05, 3.63) is 210 Å². The second-order valence-electron chi connectivity index (χ2n) is 20.7. The summed E-state index contributed by atoms with van der Waals surface area (Å²) in [6.07, 6.45) is 4.48. The molecule has 2 unspecified atom stereocenters. The van der Waals surface area contributed by atoms with Crippen LogP contribution in [0.5, 0.6) is 0 Å². The van der Waals surface area contributed by atoms with Crippen molar-refractivity contribution >= 4 is 118 Å². The zero-order chi connectivity index (χ0) is 59.2. The number of hydrogen-bond acceptors (Lipinski definition) is 11. The SMILES string of the molecule is C.CC1(c2cc(Cl)cc(Cl)c2)CC(c2ccc(C(=O)NCc3ccc4c(c3)B(O)OC4(CF)CF)n3cccc23)=NO1.CC1(c2cc(Cl)cc(Cl)c2)CC(c2ccc(C(=O)O)n3cccc23)=NO1.Cl.NCc1ccc2c(c1)B(O)OC2(CF)CF. The molecule has 26 heteroatoms. The van der Waals surface area contributed by atoms with E-state index in [2.05, 4.69) is 15.6 Å². The fraction of sp³-hybridized carbons (Fsp3) is 0.254. The lowest BCUT2D eigenvalue weighted by molar-refractivity contribution is -0.00755.